The summed E-state index contributed by atoms with van der Waals surface area (Å²) < 4.78 is 223. The minimum Gasteiger partial charge on any atom is -0.481 e. The van der Waals surface area contributed by atoms with Gasteiger partial charge in [-0.2, -0.15) is 74.6 Å². The van der Waals surface area contributed by atoms with Crippen molar-refractivity contribution in [1.82, 2.24) is 0 Å². The molecule has 0 heterocycles. The van der Waals surface area contributed by atoms with Crippen LogP contribution in [-0.2, 0) is 9.59 Å². The second-order valence-electron chi connectivity index (χ2n) is 6.47. The molecule has 0 saturated carbocycles. The van der Waals surface area contributed by atoms with Crippen molar-refractivity contribution in [2.24, 2.45) is 11.7 Å². The number of primary amides is 1. The van der Waals surface area contributed by atoms with Gasteiger partial charge >= 0.3 is 52.9 Å². The number of nitrogens with two attached hydrogens (primary N) is 1. The number of thioether (sulfide) groups is 1. The quantitative estimate of drug-likeness (QED) is 0.309. The molecule has 0 aromatic carbocycles. The maximum Gasteiger partial charge on any atom is 0.460 e. The second kappa shape index (κ2) is 9.20. The number of hydrogen-bond donors (Lipinski definition) is 2. The molecule has 0 aromatic rings. The van der Waals surface area contributed by atoms with Crippen molar-refractivity contribution in [2.75, 3.05) is 5.75 Å². The van der Waals surface area contributed by atoms with Crippen LogP contribution in [0.3, 0.4) is 0 Å². The molecule has 0 spiro atoms. The lowest BCUT2D eigenvalue weighted by molar-refractivity contribution is -0.458. The number of hydrogen-bond acceptors (Lipinski definition) is 3. The lowest BCUT2D eigenvalue weighted by Crippen LogP contribution is -2.74. The maximum atomic E-state index is 13.6. The molecule has 4 nitrogen and oxygen atoms in total. The van der Waals surface area contributed by atoms with Gasteiger partial charge in [-0.25, -0.2) is 0 Å². The maximum absolute atomic E-state index is 13.6. The normalized spacial score (nSPS) is 16.3. The first-order chi connectivity index (χ1) is 15.0. The molecule has 208 valence electrons. The van der Waals surface area contributed by atoms with Gasteiger partial charge in [-0.3, -0.25) is 9.59 Å². The highest BCUT2D eigenvalue weighted by Gasteiger charge is 2.95. The molecule has 1 unspecified atom stereocenters. The van der Waals surface area contributed by atoms with E-state index in [9.17, 15) is 84.2 Å². The van der Waals surface area contributed by atoms with Gasteiger partial charge in [0.25, 0.3) is 0 Å². The Labute approximate surface area is 185 Å². The van der Waals surface area contributed by atoms with Gasteiger partial charge in [-0.1, -0.05) is 11.8 Å². The van der Waals surface area contributed by atoms with E-state index < -0.39 is 88.7 Å². The Morgan fingerprint density at radius 2 is 0.943 bits per heavy atom. The van der Waals surface area contributed by atoms with E-state index in [-0.39, 0.29) is 0 Å². The van der Waals surface area contributed by atoms with Crippen molar-refractivity contribution in [2.45, 2.75) is 53.4 Å². The second-order valence-corrected chi connectivity index (χ2v) is 7.60. The fourth-order valence-corrected chi connectivity index (χ4v) is 2.90. The average Bonchev–Trinajstić information content (AvgIpc) is 2.62. The predicted molar refractivity (Wildman–Crippen MR) is 78.1 cm³/mol. The zero-order chi connectivity index (χ0) is 28.9. The lowest BCUT2D eigenvalue weighted by atomic mass is 9.91. The van der Waals surface area contributed by atoms with Crippen LogP contribution in [0.2, 0.25) is 0 Å². The van der Waals surface area contributed by atoms with Crippen LogP contribution in [0.4, 0.5) is 74.6 Å². The number of rotatable bonds is 12. The Kier molecular flexibility index (Phi) is 8.70. The number of carbonyl (C=O) groups excluding carboxylic acids is 1. The monoisotopic (exact) mass is 581 g/mol. The third-order valence-corrected chi connectivity index (χ3v) is 5.17. The van der Waals surface area contributed by atoms with Gasteiger partial charge < -0.3 is 10.8 Å². The number of carboxylic acids is 1. The SMILES string of the molecule is NC(=O)C(CSC(F)(F)C(F)(F)C(F)(F)C(F)(F)C(F)(F)C(F)(F)C(F)(F)C(F)(F)F)CC(=O)O. The van der Waals surface area contributed by atoms with E-state index in [4.69, 9.17) is 5.11 Å². The van der Waals surface area contributed by atoms with Gasteiger partial charge in [0.1, 0.15) is 0 Å². The molecule has 0 fully saturated rings. The molecule has 0 aromatic heterocycles. The van der Waals surface area contributed by atoms with Crippen molar-refractivity contribution in [1.29, 1.82) is 0 Å². The molecule has 22 heteroatoms. The molecule has 0 saturated heterocycles. The van der Waals surface area contributed by atoms with E-state index in [1.165, 1.54) is 0 Å². The minimum absolute atomic E-state index is 1.55. The van der Waals surface area contributed by atoms with Gasteiger partial charge in [-0.15, -0.1) is 0 Å². The molecule has 1 amide bonds. The molecule has 3 N–H and O–H groups in total. The van der Waals surface area contributed by atoms with E-state index in [1.54, 1.807) is 0 Å². The lowest BCUT2D eigenvalue weighted by Gasteiger charge is -2.42. The fourth-order valence-electron chi connectivity index (χ4n) is 1.90. The van der Waals surface area contributed by atoms with Crippen LogP contribution in [0, 0.1) is 5.92 Å². The van der Waals surface area contributed by atoms with Crippen LogP contribution in [0.15, 0.2) is 0 Å². The van der Waals surface area contributed by atoms with E-state index >= 15 is 0 Å². The number of aliphatic carboxylic acids is 1. The van der Waals surface area contributed by atoms with Gasteiger partial charge in [0.05, 0.1) is 12.3 Å². The van der Waals surface area contributed by atoms with Gasteiger partial charge in [0, 0.05) is 5.75 Å². The fraction of sp³-hybridized carbons (Fsp3) is 0.846. The van der Waals surface area contributed by atoms with Crippen LogP contribution in [0.5, 0.6) is 0 Å². The Bertz CT molecular complexity index is 810. The molecule has 0 aliphatic heterocycles. The van der Waals surface area contributed by atoms with E-state index in [0.29, 0.717) is 0 Å². The van der Waals surface area contributed by atoms with Gasteiger partial charge in [0.2, 0.25) is 5.91 Å². The van der Waals surface area contributed by atoms with Crippen molar-refractivity contribution >= 4 is 23.6 Å². The molecule has 1 atom stereocenters. The zero-order valence-electron chi connectivity index (χ0n) is 15.7. The Morgan fingerprint density at radius 1 is 0.629 bits per heavy atom. The predicted octanol–water partition coefficient (Wildman–Crippen LogP) is 5.26. The molecule has 0 aliphatic carbocycles. The summed E-state index contributed by atoms with van der Waals surface area (Å²) in [6, 6.07) is 0. The highest BCUT2D eigenvalue weighted by atomic mass is 32.2. The van der Waals surface area contributed by atoms with Crippen molar-refractivity contribution < 1.29 is 89.3 Å². The number of halogens is 17. The van der Waals surface area contributed by atoms with E-state index in [2.05, 4.69) is 5.73 Å². The van der Waals surface area contributed by atoms with Crippen molar-refractivity contribution in [3.8, 4) is 0 Å². The molecule has 35 heavy (non-hydrogen) atoms. The molecular weight excluding hydrogens is 573 g/mol. The summed E-state index contributed by atoms with van der Waals surface area (Å²) in [7, 11) is 0. The summed E-state index contributed by atoms with van der Waals surface area (Å²) in [5.41, 5.74) is 4.50. The number of carboxylic acid groups (broad SMARTS) is 1. The number of carbonyl (C=O) groups is 2. The molecule has 0 aliphatic rings. The van der Waals surface area contributed by atoms with E-state index in [0.717, 1.165) is 0 Å². The third kappa shape index (κ3) is 5.16. The smallest absolute Gasteiger partial charge is 0.460 e. The average molecular weight is 581 g/mol. The molecule has 0 rings (SSSR count). The standard InChI is InChI=1S/C13H8F17NO3S/c14-6(15,8(18,19)10(22,23)12(26,27)28)7(16,17)9(20,21)11(24,25)13(29,30)35-2-3(5(31)34)1-4(32)33/h3H,1-2H2,(H2,31,34)(H,32,33). The molecular formula is C13H8F17NO3S. The van der Waals surface area contributed by atoms with Gasteiger partial charge in [-0.05, 0) is 0 Å². The van der Waals surface area contributed by atoms with Crippen LogP contribution in [-0.4, -0.2) is 69.7 Å². The highest BCUT2D eigenvalue weighted by Crippen LogP contribution is 2.65. The Morgan fingerprint density at radius 3 is 1.23 bits per heavy atom. The number of alkyl halides is 17. The summed E-state index contributed by atoms with van der Waals surface area (Å²) in [6.45, 7) is 0. The number of amides is 1. The summed E-state index contributed by atoms with van der Waals surface area (Å²) in [5.74, 6) is -59.0. The van der Waals surface area contributed by atoms with Crippen molar-refractivity contribution in [3.63, 3.8) is 0 Å². The van der Waals surface area contributed by atoms with E-state index in [1.807, 2.05) is 0 Å². The summed E-state index contributed by atoms with van der Waals surface area (Å²) >= 11 is -1.99. The van der Waals surface area contributed by atoms with Crippen molar-refractivity contribution in [3.05, 3.63) is 0 Å². The topological polar surface area (TPSA) is 80.4 Å². The van der Waals surface area contributed by atoms with Crippen LogP contribution in [0.25, 0.3) is 0 Å². The molecule has 0 radical (unpaired) electrons. The third-order valence-electron chi connectivity index (χ3n) is 3.98. The first-order valence-electron chi connectivity index (χ1n) is 7.83. The highest BCUT2D eigenvalue weighted by molar-refractivity contribution is 8.00. The van der Waals surface area contributed by atoms with Crippen LogP contribution in [0.1, 0.15) is 6.42 Å². The van der Waals surface area contributed by atoms with Crippen LogP contribution < -0.4 is 5.73 Å². The first-order valence-corrected chi connectivity index (χ1v) is 8.82. The Hall–Kier alpha value is -1.90. The van der Waals surface area contributed by atoms with Gasteiger partial charge in [0.15, 0.2) is 0 Å². The van der Waals surface area contributed by atoms with Crippen LogP contribution >= 0.6 is 11.8 Å². The summed E-state index contributed by atoms with van der Waals surface area (Å²) in [6.07, 6.45) is -9.39. The first kappa shape index (κ1) is 33.1. The zero-order valence-corrected chi connectivity index (χ0v) is 16.5. The largest absolute Gasteiger partial charge is 0.481 e. The molecule has 0 bridgehead atoms. The summed E-state index contributed by atoms with van der Waals surface area (Å²) in [5, 5.41) is 1.59. The summed E-state index contributed by atoms with van der Waals surface area (Å²) in [4.78, 5) is 21.3. The minimum atomic E-state index is -8.74. The Balaban J connectivity index is 6.48.